The van der Waals surface area contributed by atoms with Crippen molar-refractivity contribution < 1.29 is 4.79 Å². The smallest absolute Gasteiger partial charge is 0.267 e. The second-order valence-corrected chi connectivity index (χ2v) is 4.22. The number of carbonyl (C=O) groups is 1. The molecule has 82 valence electrons. The standard InChI is InChI=1S/C12H18N2O/c1-8-9-6-4-3-5-7-10(9)11(14-8)12(15)13-2/h14H,3-7H2,1-2H3,(H,13,15). The highest BCUT2D eigenvalue weighted by Crippen LogP contribution is 2.26. The molecule has 0 atom stereocenters. The van der Waals surface area contributed by atoms with Gasteiger partial charge in [0.05, 0.1) is 0 Å². The van der Waals surface area contributed by atoms with Crippen LogP contribution in [-0.2, 0) is 12.8 Å². The van der Waals surface area contributed by atoms with Crippen LogP contribution in [0.25, 0.3) is 0 Å². The van der Waals surface area contributed by atoms with Gasteiger partial charge in [0.1, 0.15) is 5.69 Å². The molecule has 3 nitrogen and oxygen atoms in total. The van der Waals surface area contributed by atoms with E-state index >= 15 is 0 Å². The molecule has 1 amide bonds. The minimum Gasteiger partial charge on any atom is -0.354 e. The average molecular weight is 206 g/mol. The Kier molecular flexibility index (Phi) is 2.80. The molecule has 0 aromatic carbocycles. The summed E-state index contributed by atoms with van der Waals surface area (Å²) >= 11 is 0. The first-order chi connectivity index (χ1) is 7.24. The van der Waals surface area contributed by atoms with Crippen molar-refractivity contribution in [3.63, 3.8) is 0 Å². The highest BCUT2D eigenvalue weighted by molar-refractivity contribution is 5.94. The summed E-state index contributed by atoms with van der Waals surface area (Å²) in [5, 5.41) is 2.69. The molecular weight excluding hydrogens is 188 g/mol. The van der Waals surface area contributed by atoms with E-state index in [2.05, 4.69) is 17.2 Å². The minimum atomic E-state index is 0.0150. The summed E-state index contributed by atoms with van der Waals surface area (Å²) < 4.78 is 0. The van der Waals surface area contributed by atoms with Gasteiger partial charge in [0.2, 0.25) is 0 Å². The van der Waals surface area contributed by atoms with Crippen LogP contribution in [-0.4, -0.2) is 17.9 Å². The Morgan fingerprint density at radius 3 is 2.53 bits per heavy atom. The lowest BCUT2D eigenvalue weighted by atomic mass is 10.0. The van der Waals surface area contributed by atoms with Gasteiger partial charge in [-0.15, -0.1) is 0 Å². The van der Waals surface area contributed by atoms with E-state index < -0.39 is 0 Å². The maximum atomic E-state index is 11.7. The van der Waals surface area contributed by atoms with Crippen LogP contribution in [0.3, 0.4) is 0 Å². The van der Waals surface area contributed by atoms with E-state index in [1.54, 1.807) is 7.05 Å². The fourth-order valence-corrected chi connectivity index (χ4v) is 2.43. The lowest BCUT2D eigenvalue weighted by Gasteiger charge is -2.02. The third kappa shape index (κ3) is 1.78. The first-order valence-electron chi connectivity index (χ1n) is 5.66. The summed E-state index contributed by atoms with van der Waals surface area (Å²) in [6, 6.07) is 0. The Morgan fingerprint density at radius 2 is 1.87 bits per heavy atom. The molecule has 0 saturated heterocycles. The Morgan fingerprint density at radius 1 is 1.20 bits per heavy atom. The van der Waals surface area contributed by atoms with Crippen LogP contribution in [0.4, 0.5) is 0 Å². The highest BCUT2D eigenvalue weighted by Gasteiger charge is 2.20. The predicted molar refractivity (Wildman–Crippen MR) is 60.2 cm³/mol. The van der Waals surface area contributed by atoms with Crippen LogP contribution < -0.4 is 5.32 Å². The zero-order chi connectivity index (χ0) is 10.8. The quantitative estimate of drug-likeness (QED) is 0.678. The summed E-state index contributed by atoms with van der Waals surface area (Å²) in [5.41, 5.74) is 4.59. The van der Waals surface area contributed by atoms with Crippen molar-refractivity contribution in [3.05, 3.63) is 22.5 Å². The second-order valence-electron chi connectivity index (χ2n) is 4.22. The van der Waals surface area contributed by atoms with Crippen molar-refractivity contribution in [3.8, 4) is 0 Å². The van der Waals surface area contributed by atoms with Gasteiger partial charge in [-0.1, -0.05) is 6.42 Å². The summed E-state index contributed by atoms with van der Waals surface area (Å²) in [4.78, 5) is 14.9. The van der Waals surface area contributed by atoms with Crippen LogP contribution in [0.15, 0.2) is 0 Å². The van der Waals surface area contributed by atoms with Crippen molar-refractivity contribution in [2.45, 2.75) is 39.0 Å². The molecule has 0 radical (unpaired) electrons. The second kappa shape index (κ2) is 4.09. The van der Waals surface area contributed by atoms with E-state index in [4.69, 9.17) is 0 Å². The largest absolute Gasteiger partial charge is 0.354 e. The Hall–Kier alpha value is -1.25. The van der Waals surface area contributed by atoms with Crippen LogP contribution in [0, 0.1) is 6.92 Å². The molecule has 15 heavy (non-hydrogen) atoms. The van der Waals surface area contributed by atoms with E-state index in [0.29, 0.717) is 0 Å². The number of amides is 1. The SMILES string of the molecule is CNC(=O)c1[nH]c(C)c2c1CCCCC2. The number of aromatic amines is 1. The molecule has 0 fully saturated rings. The Labute approximate surface area is 90.3 Å². The van der Waals surface area contributed by atoms with Crippen molar-refractivity contribution >= 4 is 5.91 Å². The first-order valence-corrected chi connectivity index (χ1v) is 5.66. The molecule has 0 saturated carbocycles. The topological polar surface area (TPSA) is 44.9 Å². The van der Waals surface area contributed by atoms with E-state index in [1.165, 1.54) is 36.1 Å². The third-order valence-electron chi connectivity index (χ3n) is 3.24. The Bertz CT molecular complexity index is 379. The van der Waals surface area contributed by atoms with Crippen molar-refractivity contribution in [1.82, 2.24) is 10.3 Å². The molecule has 3 heteroatoms. The summed E-state index contributed by atoms with van der Waals surface area (Å²) in [7, 11) is 1.68. The fourth-order valence-electron chi connectivity index (χ4n) is 2.43. The summed E-state index contributed by atoms with van der Waals surface area (Å²) in [6.45, 7) is 2.07. The number of rotatable bonds is 1. The summed E-state index contributed by atoms with van der Waals surface area (Å²) in [6.07, 6.45) is 5.89. The van der Waals surface area contributed by atoms with Gasteiger partial charge in [0.25, 0.3) is 5.91 Å². The molecule has 0 spiro atoms. The van der Waals surface area contributed by atoms with Gasteiger partial charge in [0.15, 0.2) is 0 Å². The van der Waals surface area contributed by atoms with Crippen LogP contribution in [0.2, 0.25) is 0 Å². The van der Waals surface area contributed by atoms with Gasteiger partial charge in [-0.25, -0.2) is 0 Å². The lowest BCUT2D eigenvalue weighted by molar-refractivity contribution is 0.0957. The van der Waals surface area contributed by atoms with Crippen LogP contribution >= 0.6 is 0 Å². The molecule has 1 aromatic heterocycles. The van der Waals surface area contributed by atoms with Gasteiger partial charge in [-0.05, 0) is 43.7 Å². The maximum Gasteiger partial charge on any atom is 0.267 e. The van der Waals surface area contributed by atoms with Crippen molar-refractivity contribution in [2.75, 3.05) is 7.05 Å². The number of fused-ring (bicyclic) bond motifs is 1. The number of carbonyl (C=O) groups excluding carboxylic acids is 1. The van der Waals surface area contributed by atoms with Gasteiger partial charge >= 0.3 is 0 Å². The molecule has 2 rings (SSSR count). The zero-order valence-corrected chi connectivity index (χ0v) is 9.44. The molecule has 2 N–H and O–H groups in total. The van der Waals surface area contributed by atoms with Gasteiger partial charge in [0, 0.05) is 12.7 Å². The summed E-state index contributed by atoms with van der Waals surface area (Å²) in [5.74, 6) is 0.0150. The van der Waals surface area contributed by atoms with Gasteiger partial charge in [-0.3, -0.25) is 4.79 Å². The predicted octanol–water partition coefficient (Wildman–Crippen LogP) is 1.95. The molecule has 1 aromatic rings. The molecule has 1 heterocycles. The molecule has 1 aliphatic carbocycles. The van der Waals surface area contributed by atoms with Crippen LogP contribution in [0.5, 0.6) is 0 Å². The average Bonchev–Trinajstić information content (AvgIpc) is 2.45. The number of H-pyrrole nitrogens is 1. The number of aromatic nitrogens is 1. The van der Waals surface area contributed by atoms with E-state index in [1.807, 2.05) is 0 Å². The van der Waals surface area contributed by atoms with E-state index in [9.17, 15) is 4.79 Å². The van der Waals surface area contributed by atoms with Gasteiger partial charge in [-0.2, -0.15) is 0 Å². The normalized spacial score (nSPS) is 15.6. The highest BCUT2D eigenvalue weighted by atomic mass is 16.1. The maximum absolute atomic E-state index is 11.7. The minimum absolute atomic E-state index is 0.0150. The van der Waals surface area contributed by atoms with Crippen molar-refractivity contribution in [2.24, 2.45) is 0 Å². The van der Waals surface area contributed by atoms with Gasteiger partial charge < -0.3 is 10.3 Å². The third-order valence-corrected chi connectivity index (χ3v) is 3.24. The first kappa shape index (κ1) is 10.3. The monoisotopic (exact) mass is 206 g/mol. The number of nitrogens with one attached hydrogen (secondary N) is 2. The van der Waals surface area contributed by atoms with Crippen LogP contribution in [0.1, 0.15) is 46.6 Å². The van der Waals surface area contributed by atoms with E-state index in [0.717, 1.165) is 18.5 Å². The molecule has 0 bridgehead atoms. The number of aryl methyl sites for hydroxylation is 1. The molecule has 0 aliphatic heterocycles. The molecule has 0 unspecified atom stereocenters. The lowest BCUT2D eigenvalue weighted by Crippen LogP contribution is -2.19. The van der Waals surface area contributed by atoms with E-state index in [-0.39, 0.29) is 5.91 Å². The number of hydrogen-bond donors (Lipinski definition) is 2. The zero-order valence-electron chi connectivity index (χ0n) is 9.44. The number of hydrogen-bond acceptors (Lipinski definition) is 1. The Balaban J connectivity index is 2.44. The van der Waals surface area contributed by atoms with Crippen molar-refractivity contribution in [1.29, 1.82) is 0 Å². The molecular formula is C12H18N2O. The fraction of sp³-hybridized carbons (Fsp3) is 0.583. The molecule has 1 aliphatic rings.